The zero-order valence-corrected chi connectivity index (χ0v) is 16.5. The normalized spacial score (nSPS) is 10.8. The summed E-state index contributed by atoms with van der Waals surface area (Å²) in [5, 5.41) is 20.1. The Balaban J connectivity index is 1.29. The van der Waals surface area contributed by atoms with Gasteiger partial charge in [-0.25, -0.2) is 9.48 Å². The fourth-order valence-corrected chi connectivity index (χ4v) is 3.24. The molecule has 2 aromatic heterocycles. The number of hydrogen-bond donors (Lipinski definition) is 2. The lowest BCUT2D eigenvalue weighted by Crippen LogP contribution is -2.28. The van der Waals surface area contributed by atoms with Gasteiger partial charge in [-0.3, -0.25) is 9.78 Å². The van der Waals surface area contributed by atoms with Crippen LogP contribution in [0.3, 0.4) is 0 Å². The number of carbonyl (C=O) groups is 2. The van der Waals surface area contributed by atoms with Crippen molar-refractivity contribution in [3.8, 4) is 10.6 Å². The van der Waals surface area contributed by atoms with Crippen molar-refractivity contribution in [2.75, 3.05) is 19.8 Å². The minimum atomic E-state index is -0.985. The number of carbonyl (C=O) groups excluding carboxylic acids is 1. The first-order chi connectivity index (χ1) is 14.1. The SMILES string of the molecule is O=C(CCc1ccccc1C(=O)O)NCCOCCn1cc(-c2cncs2)nn1. The summed E-state index contributed by atoms with van der Waals surface area (Å²) in [4.78, 5) is 28.1. The Morgan fingerprint density at radius 1 is 1.24 bits per heavy atom. The molecule has 9 nitrogen and oxygen atoms in total. The third-order valence-electron chi connectivity index (χ3n) is 4.13. The van der Waals surface area contributed by atoms with Gasteiger partial charge >= 0.3 is 5.97 Å². The van der Waals surface area contributed by atoms with E-state index in [9.17, 15) is 9.59 Å². The zero-order valence-electron chi connectivity index (χ0n) is 15.7. The number of nitrogens with one attached hydrogen (secondary N) is 1. The smallest absolute Gasteiger partial charge is 0.335 e. The Morgan fingerprint density at radius 3 is 2.90 bits per heavy atom. The van der Waals surface area contributed by atoms with Crippen molar-refractivity contribution in [3.05, 3.63) is 53.3 Å². The van der Waals surface area contributed by atoms with Gasteiger partial charge in [-0.2, -0.15) is 0 Å². The number of nitrogens with zero attached hydrogens (tertiary/aromatic N) is 4. The number of aromatic carboxylic acids is 1. The average Bonchev–Trinajstić information content (AvgIpc) is 3.41. The van der Waals surface area contributed by atoms with Gasteiger partial charge in [0.25, 0.3) is 0 Å². The number of aromatic nitrogens is 4. The number of aryl methyl sites for hydroxylation is 1. The van der Waals surface area contributed by atoms with Crippen LogP contribution in [-0.4, -0.2) is 56.7 Å². The van der Waals surface area contributed by atoms with Crippen LogP contribution in [0.5, 0.6) is 0 Å². The van der Waals surface area contributed by atoms with E-state index >= 15 is 0 Å². The molecule has 0 aliphatic rings. The van der Waals surface area contributed by atoms with E-state index in [1.54, 1.807) is 40.7 Å². The van der Waals surface area contributed by atoms with Gasteiger partial charge < -0.3 is 15.2 Å². The van der Waals surface area contributed by atoms with Gasteiger partial charge in [0, 0.05) is 19.2 Å². The molecule has 10 heteroatoms. The van der Waals surface area contributed by atoms with Crippen molar-refractivity contribution in [2.24, 2.45) is 0 Å². The number of carboxylic acids is 1. The second kappa shape index (κ2) is 10.4. The lowest BCUT2D eigenvalue weighted by Gasteiger charge is -2.08. The van der Waals surface area contributed by atoms with Crippen molar-refractivity contribution in [2.45, 2.75) is 19.4 Å². The Labute approximate surface area is 171 Å². The van der Waals surface area contributed by atoms with Crippen molar-refractivity contribution < 1.29 is 19.4 Å². The molecule has 152 valence electrons. The highest BCUT2D eigenvalue weighted by Crippen LogP contribution is 2.19. The van der Waals surface area contributed by atoms with Crippen LogP contribution in [0.4, 0.5) is 0 Å². The molecule has 0 unspecified atom stereocenters. The van der Waals surface area contributed by atoms with Crippen LogP contribution in [-0.2, 0) is 22.5 Å². The van der Waals surface area contributed by atoms with Crippen LogP contribution in [0.2, 0.25) is 0 Å². The summed E-state index contributed by atoms with van der Waals surface area (Å²) in [7, 11) is 0. The average molecular weight is 415 g/mol. The molecule has 0 aliphatic carbocycles. The lowest BCUT2D eigenvalue weighted by atomic mass is 10.0. The highest BCUT2D eigenvalue weighted by molar-refractivity contribution is 7.13. The topological polar surface area (TPSA) is 119 Å². The molecule has 0 bridgehead atoms. The van der Waals surface area contributed by atoms with Crippen molar-refractivity contribution >= 4 is 23.2 Å². The monoisotopic (exact) mass is 415 g/mol. The first-order valence-corrected chi connectivity index (χ1v) is 9.96. The molecule has 29 heavy (non-hydrogen) atoms. The quantitative estimate of drug-likeness (QED) is 0.459. The van der Waals surface area contributed by atoms with Crippen molar-refractivity contribution in [1.29, 1.82) is 0 Å². The summed E-state index contributed by atoms with van der Waals surface area (Å²) in [6.07, 6.45) is 4.19. The number of hydrogen-bond acceptors (Lipinski definition) is 7. The van der Waals surface area contributed by atoms with E-state index in [-0.39, 0.29) is 17.9 Å². The number of rotatable bonds is 11. The van der Waals surface area contributed by atoms with Gasteiger partial charge in [0.1, 0.15) is 5.69 Å². The maximum Gasteiger partial charge on any atom is 0.335 e. The molecule has 2 N–H and O–H groups in total. The van der Waals surface area contributed by atoms with Gasteiger partial charge in [-0.05, 0) is 18.1 Å². The predicted octanol–water partition coefficient (Wildman–Crippen LogP) is 1.87. The van der Waals surface area contributed by atoms with E-state index in [1.165, 1.54) is 11.3 Å². The van der Waals surface area contributed by atoms with Crippen LogP contribution < -0.4 is 5.32 Å². The highest BCUT2D eigenvalue weighted by Gasteiger charge is 2.10. The van der Waals surface area contributed by atoms with E-state index in [4.69, 9.17) is 9.84 Å². The number of benzene rings is 1. The second-order valence-electron chi connectivity index (χ2n) is 6.16. The fourth-order valence-electron chi connectivity index (χ4n) is 2.67. The first kappa shape index (κ1) is 20.6. The van der Waals surface area contributed by atoms with Crippen LogP contribution in [0.1, 0.15) is 22.3 Å². The third-order valence-corrected chi connectivity index (χ3v) is 4.92. The van der Waals surface area contributed by atoms with E-state index in [2.05, 4.69) is 20.6 Å². The summed E-state index contributed by atoms with van der Waals surface area (Å²) >= 11 is 1.50. The molecule has 2 heterocycles. The zero-order chi connectivity index (χ0) is 20.5. The lowest BCUT2D eigenvalue weighted by molar-refractivity contribution is -0.121. The molecule has 0 aliphatic heterocycles. The summed E-state index contributed by atoms with van der Waals surface area (Å²) in [6.45, 7) is 1.79. The molecular formula is C19H21N5O4S. The van der Waals surface area contributed by atoms with E-state index in [0.717, 1.165) is 10.6 Å². The minimum absolute atomic E-state index is 0.140. The molecule has 0 saturated heterocycles. The van der Waals surface area contributed by atoms with Crippen LogP contribution in [0.25, 0.3) is 10.6 Å². The molecule has 0 saturated carbocycles. The summed E-state index contributed by atoms with van der Waals surface area (Å²) in [6, 6.07) is 6.70. The van der Waals surface area contributed by atoms with Gasteiger partial charge in [0.15, 0.2) is 0 Å². The number of carboxylic acid groups (broad SMARTS) is 1. The molecule has 0 spiro atoms. The van der Waals surface area contributed by atoms with Gasteiger partial charge in [-0.15, -0.1) is 16.4 Å². The molecule has 0 radical (unpaired) electrons. The fraction of sp³-hybridized carbons (Fsp3) is 0.316. The maximum absolute atomic E-state index is 11.9. The van der Waals surface area contributed by atoms with Gasteiger partial charge in [-0.1, -0.05) is 23.4 Å². The molecule has 0 fully saturated rings. The Morgan fingerprint density at radius 2 is 2.10 bits per heavy atom. The first-order valence-electron chi connectivity index (χ1n) is 9.08. The van der Waals surface area contributed by atoms with E-state index < -0.39 is 5.97 Å². The van der Waals surface area contributed by atoms with Crippen molar-refractivity contribution in [3.63, 3.8) is 0 Å². The number of thiazole rings is 1. The minimum Gasteiger partial charge on any atom is -0.478 e. The van der Waals surface area contributed by atoms with Gasteiger partial charge in [0.05, 0.1) is 41.9 Å². The van der Waals surface area contributed by atoms with E-state index in [1.807, 2.05) is 6.20 Å². The maximum atomic E-state index is 11.9. The molecule has 3 aromatic rings. The highest BCUT2D eigenvalue weighted by atomic mass is 32.1. The summed E-state index contributed by atoms with van der Waals surface area (Å²) in [5.74, 6) is -1.12. The van der Waals surface area contributed by atoms with Crippen LogP contribution in [0, 0.1) is 0 Å². The predicted molar refractivity (Wildman–Crippen MR) is 107 cm³/mol. The van der Waals surface area contributed by atoms with Crippen molar-refractivity contribution in [1.82, 2.24) is 25.3 Å². The van der Waals surface area contributed by atoms with Gasteiger partial charge in [0.2, 0.25) is 5.91 Å². The largest absolute Gasteiger partial charge is 0.478 e. The van der Waals surface area contributed by atoms with Crippen LogP contribution >= 0.6 is 11.3 Å². The van der Waals surface area contributed by atoms with E-state index in [0.29, 0.717) is 38.3 Å². The second-order valence-corrected chi connectivity index (χ2v) is 7.04. The molecule has 1 amide bonds. The number of amides is 1. The molecule has 1 aromatic carbocycles. The Kier molecular flexibility index (Phi) is 7.42. The standard InChI is InChI=1S/C19H21N5O4S/c25-18(6-5-14-3-1-2-4-15(14)19(26)27)21-7-9-28-10-8-24-12-16(22-23-24)17-11-20-13-29-17/h1-4,11-13H,5-10H2,(H,21,25)(H,26,27). The Bertz CT molecular complexity index is 942. The Hall–Kier alpha value is -3.11. The number of ether oxygens (including phenoxy) is 1. The molecular weight excluding hydrogens is 394 g/mol. The third kappa shape index (κ3) is 6.19. The summed E-state index contributed by atoms with van der Waals surface area (Å²) in [5.41, 5.74) is 3.41. The molecule has 3 rings (SSSR count). The molecule has 0 atom stereocenters. The van der Waals surface area contributed by atoms with Crippen LogP contribution in [0.15, 0.2) is 42.2 Å². The summed E-state index contributed by atoms with van der Waals surface area (Å²) < 4.78 is 7.21.